The molecule has 1 unspecified atom stereocenters. The molecular formula is C15H24N2O2. The Bertz CT molecular complexity index is 348. The van der Waals surface area contributed by atoms with Gasteiger partial charge in [0.2, 0.25) is 0 Å². The molecule has 0 aromatic heterocycles. The smallest absolute Gasteiger partial charge is 0.118 e. The van der Waals surface area contributed by atoms with Crippen LogP contribution in [-0.2, 0) is 11.3 Å². The monoisotopic (exact) mass is 264 g/mol. The Morgan fingerprint density at radius 3 is 2.68 bits per heavy atom. The zero-order valence-corrected chi connectivity index (χ0v) is 11.7. The third-order valence-corrected chi connectivity index (χ3v) is 3.36. The van der Waals surface area contributed by atoms with E-state index in [0.29, 0.717) is 6.10 Å². The average molecular weight is 264 g/mol. The largest absolute Gasteiger partial charge is 0.497 e. The summed E-state index contributed by atoms with van der Waals surface area (Å²) < 4.78 is 10.7. The molecular weight excluding hydrogens is 240 g/mol. The Kier molecular flexibility index (Phi) is 6.14. The highest BCUT2D eigenvalue weighted by Crippen LogP contribution is 2.11. The van der Waals surface area contributed by atoms with Crippen LogP contribution in [0.2, 0.25) is 0 Å². The lowest BCUT2D eigenvalue weighted by molar-refractivity contribution is 0.110. The van der Waals surface area contributed by atoms with Crippen molar-refractivity contribution in [1.82, 2.24) is 10.6 Å². The Hall–Kier alpha value is -1.10. The average Bonchev–Trinajstić information content (AvgIpc) is 2.96. The Morgan fingerprint density at radius 2 is 2.00 bits per heavy atom. The van der Waals surface area contributed by atoms with Gasteiger partial charge in [-0.2, -0.15) is 0 Å². The minimum atomic E-state index is 0.432. The summed E-state index contributed by atoms with van der Waals surface area (Å²) in [5.74, 6) is 0.905. The third-order valence-electron chi connectivity index (χ3n) is 3.36. The molecule has 1 aromatic rings. The van der Waals surface area contributed by atoms with Crippen molar-refractivity contribution in [1.29, 1.82) is 0 Å². The van der Waals surface area contributed by atoms with Crippen molar-refractivity contribution < 1.29 is 9.47 Å². The summed E-state index contributed by atoms with van der Waals surface area (Å²) >= 11 is 0. The summed E-state index contributed by atoms with van der Waals surface area (Å²) in [7, 11) is 1.69. The SMILES string of the molecule is COc1ccc(CNCCNCC2CCCO2)cc1. The maximum absolute atomic E-state index is 5.56. The van der Waals surface area contributed by atoms with Gasteiger partial charge in [0, 0.05) is 32.8 Å². The van der Waals surface area contributed by atoms with Gasteiger partial charge in [-0.1, -0.05) is 12.1 Å². The van der Waals surface area contributed by atoms with E-state index in [9.17, 15) is 0 Å². The maximum Gasteiger partial charge on any atom is 0.118 e. The predicted molar refractivity (Wildman–Crippen MR) is 76.5 cm³/mol. The molecule has 4 heteroatoms. The molecule has 0 saturated carbocycles. The summed E-state index contributed by atoms with van der Waals surface area (Å²) in [5, 5.41) is 6.84. The summed E-state index contributed by atoms with van der Waals surface area (Å²) in [6.07, 6.45) is 2.84. The van der Waals surface area contributed by atoms with Crippen LogP contribution in [0.4, 0.5) is 0 Å². The predicted octanol–water partition coefficient (Wildman–Crippen LogP) is 1.55. The van der Waals surface area contributed by atoms with Gasteiger partial charge in [-0.05, 0) is 30.5 Å². The van der Waals surface area contributed by atoms with E-state index in [2.05, 4.69) is 22.8 Å². The number of nitrogens with one attached hydrogen (secondary N) is 2. The van der Waals surface area contributed by atoms with E-state index < -0.39 is 0 Å². The molecule has 4 nitrogen and oxygen atoms in total. The fourth-order valence-corrected chi connectivity index (χ4v) is 2.22. The highest BCUT2D eigenvalue weighted by Gasteiger charge is 2.13. The molecule has 1 saturated heterocycles. The number of hydrogen-bond donors (Lipinski definition) is 2. The minimum Gasteiger partial charge on any atom is -0.497 e. The molecule has 1 aromatic carbocycles. The Labute approximate surface area is 115 Å². The standard InChI is InChI=1S/C15H24N2O2/c1-18-14-6-4-13(5-7-14)11-16-8-9-17-12-15-3-2-10-19-15/h4-7,15-17H,2-3,8-12H2,1H3. The first-order chi connectivity index (χ1) is 9.38. The first-order valence-corrected chi connectivity index (χ1v) is 7.04. The molecule has 19 heavy (non-hydrogen) atoms. The molecule has 0 bridgehead atoms. The van der Waals surface area contributed by atoms with Crippen LogP contribution in [0.3, 0.4) is 0 Å². The topological polar surface area (TPSA) is 42.5 Å². The molecule has 0 spiro atoms. The van der Waals surface area contributed by atoms with Gasteiger partial charge in [-0.15, -0.1) is 0 Å². The Balaban J connectivity index is 1.51. The number of ether oxygens (including phenoxy) is 2. The molecule has 2 rings (SSSR count). The van der Waals surface area contributed by atoms with Crippen LogP contribution < -0.4 is 15.4 Å². The van der Waals surface area contributed by atoms with Crippen LogP contribution >= 0.6 is 0 Å². The van der Waals surface area contributed by atoms with Crippen LogP contribution in [0.5, 0.6) is 5.75 Å². The second-order valence-electron chi connectivity index (χ2n) is 4.86. The molecule has 1 aliphatic heterocycles. The third kappa shape index (κ3) is 5.19. The number of hydrogen-bond acceptors (Lipinski definition) is 4. The fourth-order valence-electron chi connectivity index (χ4n) is 2.22. The quantitative estimate of drug-likeness (QED) is 0.699. The lowest BCUT2D eigenvalue weighted by Crippen LogP contribution is -2.32. The van der Waals surface area contributed by atoms with Crippen molar-refractivity contribution in [2.75, 3.05) is 33.4 Å². The maximum atomic E-state index is 5.56. The molecule has 0 aliphatic carbocycles. The Morgan fingerprint density at radius 1 is 1.21 bits per heavy atom. The van der Waals surface area contributed by atoms with E-state index in [1.165, 1.54) is 18.4 Å². The molecule has 0 radical (unpaired) electrons. The summed E-state index contributed by atoms with van der Waals surface area (Å²) in [6, 6.07) is 8.16. The lowest BCUT2D eigenvalue weighted by Gasteiger charge is -2.11. The fraction of sp³-hybridized carbons (Fsp3) is 0.600. The second kappa shape index (κ2) is 8.15. The molecule has 1 heterocycles. The van der Waals surface area contributed by atoms with Gasteiger partial charge in [0.05, 0.1) is 13.2 Å². The van der Waals surface area contributed by atoms with Gasteiger partial charge in [-0.25, -0.2) is 0 Å². The van der Waals surface area contributed by atoms with Crippen molar-refractivity contribution in [2.24, 2.45) is 0 Å². The molecule has 2 N–H and O–H groups in total. The van der Waals surface area contributed by atoms with Gasteiger partial charge in [0.15, 0.2) is 0 Å². The second-order valence-corrected chi connectivity index (χ2v) is 4.86. The van der Waals surface area contributed by atoms with Crippen LogP contribution in [-0.4, -0.2) is 39.5 Å². The van der Waals surface area contributed by atoms with Crippen molar-refractivity contribution in [3.05, 3.63) is 29.8 Å². The van der Waals surface area contributed by atoms with Crippen molar-refractivity contribution in [2.45, 2.75) is 25.5 Å². The summed E-state index contributed by atoms with van der Waals surface area (Å²) in [5.41, 5.74) is 1.28. The van der Waals surface area contributed by atoms with Gasteiger partial charge >= 0.3 is 0 Å². The highest BCUT2D eigenvalue weighted by atomic mass is 16.5. The van der Waals surface area contributed by atoms with Crippen LogP contribution in [0.15, 0.2) is 24.3 Å². The first-order valence-electron chi connectivity index (χ1n) is 7.04. The van der Waals surface area contributed by atoms with Crippen molar-refractivity contribution in [3.63, 3.8) is 0 Å². The van der Waals surface area contributed by atoms with Crippen LogP contribution in [0, 0.1) is 0 Å². The van der Waals surface area contributed by atoms with Gasteiger partial charge in [0.1, 0.15) is 5.75 Å². The zero-order valence-electron chi connectivity index (χ0n) is 11.7. The highest BCUT2D eigenvalue weighted by molar-refractivity contribution is 5.26. The number of rotatable bonds is 8. The van der Waals surface area contributed by atoms with Gasteiger partial charge in [0.25, 0.3) is 0 Å². The zero-order chi connectivity index (χ0) is 13.3. The molecule has 1 atom stereocenters. The van der Waals surface area contributed by atoms with Gasteiger partial charge in [-0.3, -0.25) is 0 Å². The number of benzene rings is 1. The summed E-state index contributed by atoms with van der Waals surface area (Å²) in [6.45, 7) is 4.76. The molecule has 1 fully saturated rings. The first kappa shape index (κ1) is 14.3. The molecule has 106 valence electrons. The van der Waals surface area contributed by atoms with E-state index in [1.54, 1.807) is 7.11 Å². The van der Waals surface area contributed by atoms with E-state index >= 15 is 0 Å². The molecule has 1 aliphatic rings. The van der Waals surface area contributed by atoms with Gasteiger partial charge < -0.3 is 20.1 Å². The van der Waals surface area contributed by atoms with E-state index in [4.69, 9.17) is 9.47 Å². The van der Waals surface area contributed by atoms with Crippen molar-refractivity contribution in [3.8, 4) is 5.75 Å². The minimum absolute atomic E-state index is 0.432. The van der Waals surface area contributed by atoms with Crippen LogP contribution in [0.25, 0.3) is 0 Å². The van der Waals surface area contributed by atoms with E-state index in [-0.39, 0.29) is 0 Å². The van der Waals surface area contributed by atoms with Crippen molar-refractivity contribution >= 4 is 0 Å². The summed E-state index contributed by atoms with van der Waals surface area (Å²) in [4.78, 5) is 0. The lowest BCUT2D eigenvalue weighted by atomic mass is 10.2. The normalized spacial score (nSPS) is 18.7. The van der Waals surface area contributed by atoms with E-state index in [1.807, 2.05) is 12.1 Å². The number of methoxy groups -OCH3 is 1. The molecule has 0 amide bonds. The van der Waals surface area contributed by atoms with Crippen LogP contribution in [0.1, 0.15) is 18.4 Å². The van der Waals surface area contributed by atoms with E-state index in [0.717, 1.165) is 38.5 Å².